The van der Waals surface area contributed by atoms with Crippen molar-refractivity contribution in [1.29, 1.82) is 0 Å². The van der Waals surface area contributed by atoms with Gasteiger partial charge >= 0.3 is 0 Å². The van der Waals surface area contributed by atoms with Gasteiger partial charge in [0.1, 0.15) is 0 Å². The molecule has 1 rings (SSSR count). The van der Waals surface area contributed by atoms with Gasteiger partial charge in [-0.15, -0.1) is 0 Å². The summed E-state index contributed by atoms with van der Waals surface area (Å²) in [6.07, 6.45) is 8.39. The maximum Gasteiger partial charge on any atom is 0.162 e. The second-order valence-corrected chi connectivity index (χ2v) is 2.50. The van der Waals surface area contributed by atoms with Crippen LogP contribution in [0.1, 0.15) is 26.2 Å². The van der Waals surface area contributed by atoms with Crippen molar-refractivity contribution in [1.82, 2.24) is 0 Å². The van der Waals surface area contributed by atoms with E-state index in [-0.39, 0.29) is 0 Å². The van der Waals surface area contributed by atoms with Gasteiger partial charge in [0, 0.05) is 6.42 Å². The SMILES string of the molecule is CCCC1=CC=CCC1=O. The number of rotatable bonds is 2. The molecule has 0 bridgehead atoms. The molecule has 0 fully saturated rings. The Morgan fingerprint density at radius 3 is 3.00 bits per heavy atom. The molecule has 1 aliphatic carbocycles. The van der Waals surface area contributed by atoms with E-state index in [4.69, 9.17) is 0 Å². The van der Waals surface area contributed by atoms with E-state index < -0.39 is 0 Å². The molecule has 0 aliphatic heterocycles. The van der Waals surface area contributed by atoms with E-state index in [1.807, 2.05) is 18.2 Å². The number of Topliss-reactive ketones (excluding diaryl/α,β-unsaturated/α-hetero) is 1. The number of hydrogen-bond donors (Lipinski definition) is 0. The molecule has 1 aliphatic rings. The molecule has 1 heteroatoms. The van der Waals surface area contributed by atoms with Gasteiger partial charge in [0.05, 0.1) is 0 Å². The summed E-state index contributed by atoms with van der Waals surface area (Å²) in [5.74, 6) is 0.296. The molecule has 0 atom stereocenters. The summed E-state index contributed by atoms with van der Waals surface area (Å²) in [6.45, 7) is 2.09. The minimum atomic E-state index is 0.296. The highest BCUT2D eigenvalue weighted by molar-refractivity contribution is 5.97. The van der Waals surface area contributed by atoms with E-state index in [2.05, 4.69) is 6.92 Å². The number of carbonyl (C=O) groups is 1. The molecule has 0 aromatic rings. The molecule has 0 unspecified atom stereocenters. The van der Waals surface area contributed by atoms with Crippen LogP contribution in [-0.4, -0.2) is 5.78 Å². The Labute approximate surface area is 61.4 Å². The summed E-state index contributed by atoms with van der Waals surface area (Å²) in [4.78, 5) is 11.1. The van der Waals surface area contributed by atoms with Crippen LogP contribution in [0.5, 0.6) is 0 Å². The lowest BCUT2D eigenvalue weighted by molar-refractivity contribution is -0.115. The van der Waals surface area contributed by atoms with Gasteiger partial charge in [-0.1, -0.05) is 31.6 Å². The summed E-state index contributed by atoms with van der Waals surface area (Å²) in [6, 6.07) is 0. The van der Waals surface area contributed by atoms with Crippen molar-refractivity contribution in [3.05, 3.63) is 23.8 Å². The van der Waals surface area contributed by atoms with E-state index >= 15 is 0 Å². The Morgan fingerprint density at radius 1 is 1.60 bits per heavy atom. The van der Waals surface area contributed by atoms with E-state index in [0.29, 0.717) is 12.2 Å². The molecule has 0 heterocycles. The van der Waals surface area contributed by atoms with Crippen LogP contribution < -0.4 is 0 Å². The Balaban J connectivity index is 2.61. The fraction of sp³-hybridized carbons (Fsp3) is 0.444. The quantitative estimate of drug-likeness (QED) is 0.569. The predicted molar refractivity (Wildman–Crippen MR) is 41.8 cm³/mol. The van der Waals surface area contributed by atoms with Gasteiger partial charge < -0.3 is 0 Å². The lowest BCUT2D eigenvalue weighted by atomic mass is 10.00. The van der Waals surface area contributed by atoms with Crippen molar-refractivity contribution in [3.63, 3.8) is 0 Å². The maximum absolute atomic E-state index is 11.1. The monoisotopic (exact) mass is 136 g/mol. The smallest absolute Gasteiger partial charge is 0.162 e. The number of carbonyl (C=O) groups excluding carboxylic acids is 1. The van der Waals surface area contributed by atoms with Crippen LogP contribution in [0.4, 0.5) is 0 Å². The van der Waals surface area contributed by atoms with Crippen LogP contribution in [0.15, 0.2) is 23.8 Å². The van der Waals surface area contributed by atoms with Gasteiger partial charge in [0.2, 0.25) is 0 Å². The van der Waals surface area contributed by atoms with Crippen LogP contribution in [-0.2, 0) is 4.79 Å². The Kier molecular flexibility index (Phi) is 2.43. The van der Waals surface area contributed by atoms with Crippen molar-refractivity contribution in [2.75, 3.05) is 0 Å². The number of hydrogen-bond acceptors (Lipinski definition) is 1. The zero-order valence-corrected chi connectivity index (χ0v) is 6.26. The Morgan fingerprint density at radius 2 is 2.40 bits per heavy atom. The average Bonchev–Trinajstić information content (AvgIpc) is 1.94. The molecule has 0 saturated carbocycles. The van der Waals surface area contributed by atoms with Crippen molar-refractivity contribution < 1.29 is 4.79 Å². The molecular formula is C9H12O. The zero-order chi connectivity index (χ0) is 7.40. The van der Waals surface area contributed by atoms with E-state index in [9.17, 15) is 4.79 Å². The van der Waals surface area contributed by atoms with Crippen LogP contribution in [0, 0.1) is 0 Å². The molecule has 1 nitrogen and oxygen atoms in total. The molecule has 10 heavy (non-hydrogen) atoms. The molecule has 0 radical (unpaired) electrons. The second-order valence-electron chi connectivity index (χ2n) is 2.50. The molecule has 0 aromatic carbocycles. The lowest BCUT2D eigenvalue weighted by Gasteiger charge is -2.04. The van der Waals surface area contributed by atoms with Gasteiger partial charge in [-0.05, 0) is 12.0 Å². The van der Waals surface area contributed by atoms with Crippen LogP contribution in [0.25, 0.3) is 0 Å². The van der Waals surface area contributed by atoms with E-state index in [1.165, 1.54) is 0 Å². The fourth-order valence-corrected chi connectivity index (χ4v) is 1.08. The molecular weight excluding hydrogens is 124 g/mol. The molecule has 54 valence electrons. The third-order valence-electron chi connectivity index (χ3n) is 1.61. The first-order chi connectivity index (χ1) is 4.84. The first-order valence-corrected chi connectivity index (χ1v) is 3.73. The van der Waals surface area contributed by atoms with Gasteiger partial charge in [-0.25, -0.2) is 0 Å². The average molecular weight is 136 g/mol. The minimum Gasteiger partial charge on any atom is -0.294 e. The molecule has 0 saturated heterocycles. The summed E-state index contributed by atoms with van der Waals surface area (Å²) >= 11 is 0. The highest BCUT2D eigenvalue weighted by atomic mass is 16.1. The van der Waals surface area contributed by atoms with Gasteiger partial charge in [-0.2, -0.15) is 0 Å². The fourth-order valence-electron chi connectivity index (χ4n) is 1.08. The first-order valence-electron chi connectivity index (χ1n) is 3.73. The molecule has 0 N–H and O–H groups in total. The standard InChI is InChI=1S/C9H12O/c1-2-5-8-6-3-4-7-9(8)10/h3-4,6H,2,5,7H2,1H3. The maximum atomic E-state index is 11.1. The number of ketones is 1. The van der Waals surface area contributed by atoms with Crippen molar-refractivity contribution in [2.24, 2.45) is 0 Å². The van der Waals surface area contributed by atoms with Crippen LogP contribution in [0.3, 0.4) is 0 Å². The second kappa shape index (κ2) is 3.35. The van der Waals surface area contributed by atoms with Crippen molar-refractivity contribution >= 4 is 5.78 Å². The van der Waals surface area contributed by atoms with Crippen LogP contribution >= 0.6 is 0 Å². The summed E-state index contributed by atoms with van der Waals surface area (Å²) in [7, 11) is 0. The predicted octanol–water partition coefficient (Wildman–Crippen LogP) is 2.24. The Hall–Kier alpha value is -0.850. The first kappa shape index (κ1) is 7.26. The normalized spacial score (nSPS) is 17.3. The van der Waals surface area contributed by atoms with Crippen molar-refractivity contribution in [2.45, 2.75) is 26.2 Å². The topological polar surface area (TPSA) is 17.1 Å². The summed E-state index contributed by atoms with van der Waals surface area (Å²) in [5, 5.41) is 0. The summed E-state index contributed by atoms with van der Waals surface area (Å²) in [5.41, 5.74) is 0.991. The zero-order valence-electron chi connectivity index (χ0n) is 6.26. The third kappa shape index (κ3) is 1.56. The molecule has 0 spiro atoms. The van der Waals surface area contributed by atoms with Gasteiger partial charge in [0.25, 0.3) is 0 Å². The van der Waals surface area contributed by atoms with E-state index in [1.54, 1.807) is 0 Å². The Bertz CT molecular complexity index is 187. The number of allylic oxidation sites excluding steroid dienone is 4. The lowest BCUT2D eigenvalue weighted by Crippen LogP contribution is -2.02. The minimum absolute atomic E-state index is 0.296. The highest BCUT2D eigenvalue weighted by Gasteiger charge is 2.07. The van der Waals surface area contributed by atoms with Crippen molar-refractivity contribution in [3.8, 4) is 0 Å². The summed E-state index contributed by atoms with van der Waals surface area (Å²) < 4.78 is 0. The molecule has 0 amide bonds. The highest BCUT2D eigenvalue weighted by Crippen LogP contribution is 2.12. The van der Waals surface area contributed by atoms with E-state index in [0.717, 1.165) is 18.4 Å². The van der Waals surface area contributed by atoms with Gasteiger partial charge in [0.15, 0.2) is 5.78 Å². The third-order valence-corrected chi connectivity index (χ3v) is 1.61. The largest absolute Gasteiger partial charge is 0.294 e. The molecule has 0 aromatic heterocycles. The van der Waals surface area contributed by atoms with Crippen LogP contribution in [0.2, 0.25) is 0 Å². The van der Waals surface area contributed by atoms with Gasteiger partial charge in [-0.3, -0.25) is 4.79 Å².